The average molecular weight is 468 g/mol. The molecule has 8 nitrogen and oxygen atoms in total. The van der Waals surface area contributed by atoms with Gasteiger partial charge in [-0.15, -0.1) is 0 Å². The summed E-state index contributed by atoms with van der Waals surface area (Å²) >= 11 is 0. The molecule has 2 heterocycles. The predicted molar refractivity (Wildman–Crippen MR) is 124 cm³/mol. The standard InChI is InChI=1S/C20H33BN2O6SSi/c1-19(2)20(3,4)29-21(28-19)15-9-10-16-17(13-15)30(25,26)22(5)18(24)23(16)14-27-11-12-31(6,7)8/h9-10,13H,11-12,14H2,1-8H3. The van der Waals surface area contributed by atoms with E-state index in [2.05, 4.69) is 19.6 Å². The Morgan fingerprint density at radius 2 is 1.68 bits per heavy atom. The first-order valence-corrected chi connectivity index (χ1v) is 15.6. The molecule has 0 unspecified atom stereocenters. The van der Waals surface area contributed by atoms with Crippen LogP contribution in [0.3, 0.4) is 0 Å². The van der Waals surface area contributed by atoms with Gasteiger partial charge < -0.3 is 14.0 Å². The second-order valence-electron chi connectivity index (χ2n) is 10.3. The van der Waals surface area contributed by atoms with Crippen LogP contribution in [0.5, 0.6) is 0 Å². The van der Waals surface area contributed by atoms with E-state index in [1.54, 1.807) is 12.1 Å². The molecule has 1 saturated heterocycles. The highest BCUT2D eigenvalue weighted by atomic mass is 32.2. The minimum atomic E-state index is -3.98. The summed E-state index contributed by atoms with van der Waals surface area (Å²) in [5.41, 5.74) is -0.204. The van der Waals surface area contributed by atoms with Gasteiger partial charge in [0.15, 0.2) is 0 Å². The molecule has 1 fully saturated rings. The Balaban J connectivity index is 1.91. The van der Waals surface area contributed by atoms with Crippen molar-refractivity contribution in [3.8, 4) is 0 Å². The van der Waals surface area contributed by atoms with Gasteiger partial charge in [0.2, 0.25) is 0 Å². The summed E-state index contributed by atoms with van der Waals surface area (Å²) in [4.78, 5) is 14.2. The number of anilines is 1. The third-order valence-electron chi connectivity index (χ3n) is 6.16. The molecule has 3 rings (SSSR count). The largest absolute Gasteiger partial charge is 0.494 e. The zero-order valence-electron chi connectivity index (χ0n) is 19.7. The van der Waals surface area contributed by atoms with Gasteiger partial charge in [-0.05, 0) is 51.3 Å². The molecular formula is C20H33BN2O6SSi. The molecule has 0 radical (unpaired) electrons. The van der Waals surface area contributed by atoms with Crippen LogP contribution in [-0.4, -0.2) is 65.5 Å². The van der Waals surface area contributed by atoms with Crippen LogP contribution in [0, 0.1) is 0 Å². The molecule has 172 valence electrons. The Kier molecular flexibility index (Phi) is 6.16. The van der Waals surface area contributed by atoms with E-state index < -0.39 is 42.4 Å². The fraction of sp³-hybridized carbons (Fsp3) is 0.650. The second kappa shape index (κ2) is 7.88. The first-order chi connectivity index (χ1) is 14.1. The van der Waals surface area contributed by atoms with Crippen molar-refractivity contribution >= 4 is 42.4 Å². The Bertz CT molecular complexity index is 960. The van der Waals surface area contributed by atoms with Gasteiger partial charge in [0.05, 0.1) is 16.9 Å². The van der Waals surface area contributed by atoms with Gasteiger partial charge in [0, 0.05) is 21.7 Å². The van der Waals surface area contributed by atoms with Crippen molar-refractivity contribution in [2.45, 2.75) is 69.5 Å². The molecule has 2 amide bonds. The van der Waals surface area contributed by atoms with Crippen LogP contribution in [0.15, 0.2) is 23.1 Å². The lowest BCUT2D eigenvalue weighted by molar-refractivity contribution is 0.00578. The van der Waals surface area contributed by atoms with Gasteiger partial charge in [0.1, 0.15) is 11.6 Å². The highest BCUT2D eigenvalue weighted by Gasteiger charge is 2.52. The first kappa shape index (κ1) is 24.2. The molecule has 2 aliphatic rings. The summed E-state index contributed by atoms with van der Waals surface area (Å²) in [6.45, 7) is 15.0. The molecule has 0 bridgehead atoms. The number of benzene rings is 1. The second-order valence-corrected chi connectivity index (χ2v) is 17.9. The van der Waals surface area contributed by atoms with Crippen molar-refractivity contribution in [1.82, 2.24) is 4.31 Å². The molecule has 0 aliphatic carbocycles. The third kappa shape index (κ3) is 4.56. The lowest BCUT2D eigenvalue weighted by atomic mass is 9.79. The van der Waals surface area contributed by atoms with E-state index >= 15 is 0 Å². The van der Waals surface area contributed by atoms with Crippen molar-refractivity contribution in [2.24, 2.45) is 0 Å². The molecule has 2 aliphatic heterocycles. The third-order valence-corrected chi connectivity index (χ3v) is 9.62. The van der Waals surface area contributed by atoms with Crippen LogP contribution < -0.4 is 10.4 Å². The van der Waals surface area contributed by atoms with Crippen molar-refractivity contribution in [1.29, 1.82) is 0 Å². The van der Waals surface area contributed by atoms with E-state index in [9.17, 15) is 13.2 Å². The van der Waals surface area contributed by atoms with Crippen molar-refractivity contribution in [3.05, 3.63) is 18.2 Å². The van der Waals surface area contributed by atoms with Crippen molar-refractivity contribution < 1.29 is 27.3 Å². The van der Waals surface area contributed by atoms with E-state index in [1.165, 1.54) is 18.0 Å². The van der Waals surface area contributed by atoms with Gasteiger partial charge in [-0.1, -0.05) is 25.7 Å². The van der Waals surface area contributed by atoms with Crippen LogP contribution in [0.25, 0.3) is 0 Å². The Morgan fingerprint density at radius 1 is 1.10 bits per heavy atom. The molecule has 1 aromatic rings. The summed E-state index contributed by atoms with van der Waals surface area (Å²) in [5.74, 6) is 0. The average Bonchev–Trinajstić information content (AvgIpc) is 2.86. The zero-order valence-corrected chi connectivity index (χ0v) is 21.5. The molecule has 0 N–H and O–H groups in total. The molecule has 1 aromatic carbocycles. The molecular weight excluding hydrogens is 435 g/mol. The molecule has 0 atom stereocenters. The highest BCUT2D eigenvalue weighted by Crippen LogP contribution is 2.38. The minimum absolute atomic E-state index is 0.00793. The topological polar surface area (TPSA) is 85.4 Å². The minimum Gasteiger partial charge on any atom is -0.399 e. The van der Waals surface area contributed by atoms with Gasteiger partial charge in [0.25, 0.3) is 10.0 Å². The number of hydrogen-bond donors (Lipinski definition) is 0. The maximum absolute atomic E-state index is 13.0. The van der Waals surface area contributed by atoms with Crippen LogP contribution in [-0.2, 0) is 24.1 Å². The molecule has 0 saturated carbocycles. The van der Waals surface area contributed by atoms with Crippen LogP contribution in [0.4, 0.5) is 10.5 Å². The van der Waals surface area contributed by atoms with Crippen molar-refractivity contribution in [2.75, 3.05) is 25.3 Å². The molecule has 31 heavy (non-hydrogen) atoms. The Labute approximate surface area is 187 Å². The normalized spacial score (nSPS) is 22.1. The number of fused-ring (bicyclic) bond motifs is 1. The van der Waals surface area contributed by atoms with E-state index in [-0.39, 0.29) is 11.6 Å². The number of nitrogens with zero attached hydrogens (tertiary/aromatic N) is 2. The summed E-state index contributed by atoms with van der Waals surface area (Å²) in [5, 5.41) is 0. The number of carbonyl (C=O) groups excluding carboxylic acids is 1. The van der Waals surface area contributed by atoms with Gasteiger partial charge in [-0.25, -0.2) is 17.5 Å². The molecule has 0 spiro atoms. The number of ether oxygens (including phenoxy) is 1. The highest BCUT2D eigenvalue weighted by molar-refractivity contribution is 7.90. The lowest BCUT2D eigenvalue weighted by Gasteiger charge is -2.34. The summed E-state index contributed by atoms with van der Waals surface area (Å²) in [7, 11) is -4.70. The van der Waals surface area contributed by atoms with Crippen LogP contribution in [0.2, 0.25) is 25.7 Å². The Morgan fingerprint density at radius 3 is 2.23 bits per heavy atom. The van der Waals surface area contributed by atoms with Crippen LogP contribution in [0.1, 0.15) is 27.7 Å². The number of carbonyl (C=O) groups is 1. The maximum atomic E-state index is 13.0. The molecule has 0 aromatic heterocycles. The number of sulfonamides is 1. The van der Waals surface area contributed by atoms with E-state index in [0.29, 0.717) is 17.8 Å². The number of rotatable bonds is 6. The number of amides is 2. The quantitative estimate of drug-likeness (QED) is 0.472. The summed E-state index contributed by atoms with van der Waals surface area (Å²) in [6.07, 6.45) is 0. The van der Waals surface area contributed by atoms with E-state index in [1.807, 2.05) is 27.7 Å². The Hall–Kier alpha value is -1.40. The smallest absolute Gasteiger partial charge is 0.399 e. The van der Waals surface area contributed by atoms with Crippen molar-refractivity contribution in [3.63, 3.8) is 0 Å². The van der Waals surface area contributed by atoms with Gasteiger partial charge >= 0.3 is 13.1 Å². The number of urea groups is 1. The van der Waals surface area contributed by atoms with Gasteiger partial charge in [-0.3, -0.25) is 4.90 Å². The fourth-order valence-corrected chi connectivity index (χ4v) is 5.35. The SMILES string of the molecule is CN1C(=O)N(COCC[Si](C)(C)C)c2ccc(B3OC(C)(C)C(C)(C)O3)cc2S1(=O)=O. The summed E-state index contributed by atoms with van der Waals surface area (Å²) in [6, 6.07) is 5.22. The summed E-state index contributed by atoms with van der Waals surface area (Å²) < 4.78 is 44.6. The van der Waals surface area contributed by atoms with Gasteiger partial charge in [-0.2, -0.15) is 0 Å². The first-order valence-electron chi connectivity index (χ1n) is 10.4. The lowest BCUT2D eigenvalue weighted by Crippen LogP contribution is -2.50. The number of hydrogen-bond acceptors (Lipinski definition) is 6. The van der Waals surface area contributed by atoms with E-state index in [4.69, 9.17) is 14.0 Å². The molecule has 11 heteroatoms. The maximum Gasteiger partial charge on any atom is 0.494 e. The predicted octanol–water partition coefficient (Wildman–Crippen LogP) is 2.86. The van der Waals surface area contributed by atoms with Crippen LogP contribution >= 0.6 is 0 Å². The fourth-order valence-electron chi connectivity index (χ4n) is 3.27. The monoisotopic (exact) mass is 468 g/mol. The zero-order chi connectivity index (χ0) is 23.4. The van der Waals surface area contributed by atoms with E-state index in [0.717, 1.165) is 10.3 Å².